The minimum Gasteiger partial charge on any atom is -0.340 e. The smallest absolute Gasteiger partial charge is 0.229 e. The van der Waals surface area contributed by atoms with Crippen molar-refractivity contribution in [1.82, 2.24) is 24.3 Å². The maximum Gasteiger partial charge on any atom is 0.229 e. The maximum atomic E-state index is 11.6. The van der Waals surface area contributed by atoms with Crippen molar-refractivity contribution in [1.29, 1.82) is 0 Å². The molecule has 3 aliphatic rings. The Kier molecular flexibility index (Phi) is 4.65. The van der Waals surface area contributed by atoms with Crippen molar-refractivity contribution in [2.75, 3.05) is 31.5 Å². The van der Waals surface area contributed by atoms with E-state index in [0.29, 0.717) is 12.0 Å². The third kappa shape index (κ3) is 3.51. The summed E-state index contributed by atoms with van der Waals surface area (Å²) in [6.45, 7) is 9.49. The number of fused-ring (bicyclic) bond motifs is 1. The summed E-state index contributed by atoms with van der Waals surface area (Å²) >= 11 is 0. The highest BCUT2D eigenvalue weighted by Gasteiger charge is 2.33. The SMILES string of the molecule is CC(=O)N1CCN(C2(C)C=CC(Nc3ncc4c(C)cn(C5CC5)c4n3)=CC2)CC1. The van der Waals surface area contributed by atoms with Gasteiger partial charge in [0.25, 0.3) is 0 Å². The van der Waals surface area contributed by atoms with Crippen LogP contribution in [0.1, 0.15) is 44.7 Å². The van der Waals surface area contributed by atoms with Crippen molar-refractivity contribution >= 4 is 22.9 Å². The van der Waals surface area contributed by atoms with Crippen molar-refractivity contribution < 1.29 is 4.79 Å². The fraction of sp³-hybridized carbons (Fsp3) is 0.522. The highest BCUT2D eigenvalue weighted by molar-refractivity contribution is 5.80. The first-order chi connectivity index (χ1) is 14.4. The van der Waals surface area contributed by atoms with Crippen LogP contribution in [-0.2, 0) is 4.79 Å². The van der Waals surface area contributed by atoms with Gasteiger partial charge in [0.05, 0.1) is 0 Å². The second-order valence-electron chi connectivity index (χ2n) is 9.05. The summed E-state index contributed by atoms with van der Waals surface area (Å²) in [6, 6.07) is 0.599. The van der Waals surface area contributed by atoms with Crippen LogP contribution in [0, 0.1) is 6.92 Å². The molecule has 7 nitrogen and oxygen atoms in total. The Balaban J connectivity index is 1.27. The van der Waals surface area contributed by atoms with E-state index in [0.717, 1.165) is 49.3 Å². The Morgan fingerprint density at radius 3 is 2.63 bits per heavy atom. The number of hydrogen-bond acceptors (Lipinski definition) is 5. The molecule has 1 aliphatic heterocycles. The summed E-state index contributed by atoms with van der Waals surface area (Å²) < 4.78 is 2.31. The monoisotopic (exact) mass is 406 g/mol. The van der Waals surface area contributed by atoms with Crippen LogP contribution in [-0.4, -0.2) is 62.0 Å². The molecule has 0 radical (unpaired) electrons. The summed E-state index contributed by atoms with van der Waals surface area (Å²) in [4.78, 5) is 25.4. The van der Waals surface area contributed by atoms with Gasteiger partial charge in [0, 0.05) is 68.2 Å². The Morgan fingerprint density at radius 1 is 1.23 bits per heavy atom. The zero-order valence-corrected chi connectivity index (χ0v) is 18.1. The fourth-order valence-corrected chi connectivity index (χ4v) is 4.59. The van der Waals surface area contributed by atoms with Gasteiger partial charge in [0.2, 0.25) is 11.9 Å². The van der Waals surface area contributed by atoms with Gasteiger partial charge in [0.15, 0.2) is 0 Å². The Hall–Kier alpha value is -2.67. The van der Waals surface area contributed by atoms with Gasteiger partial charge in [-0.05, 0) is 44.7 Å². The first kappa shape index (κ1) is 19.3. The summed E-state index contributed by atoms with van der Waals surface area (Å²) in [5.41, 5.74) is 3.29. The van der Waals surface area contributed by atoms with Gasteiger partial charge in [-0.2, -0.15) is 4.98 Å². The molecule has 1 saturated carbocycles. The van der Waals surface area contributed by atoms with Crippen molar-refractivity contribution in [2.45, 2.75) is 51.6 Å². The molecule has 7 heteroatoms. The average Bonchev–Trinajstić information content (AvgIpc) is 3.54. The normalized spacial score (nSPS) is 24.9. The summed E-state index contributed by atoms with van der Waals surface area (Å²) in [5.74, 6) is 0.822. The number of allylic oxidation sites excluding steroid dienone is 1. The second-order valence-corrected chi connectivity index (χ2v) is 9.05. The quantitative estimate of drug-likeness (QED) is 0.844. The van der Waals surface area contributed by atoms with E-state index in [4.69, 9.17) is 4.98 Å². The summed E-state index contributed by atoms with van der Waals surface area (Å²) in [5, 5.41) is 4.54. The number of hydrogen-bond donors (Lipinski definition) is 1. The number of rotatable bonds is 4. The molecular formula is C23H30N6O. The molecule has 2 aromatic heterocycles. The van der Waals surface area contributed by atoms with Crippen LogP contribution in [0.4, 0.5) is 5.95 Å². The lowest BCUT2D eigenvalue weighted by atomic mass is 9.89. The van der Waals surface area contributed by atoms with Gasteiger partial charge in [-0.15, -0.1) is 0 Å². The van der Waals surface area contributed by atoms with Gasteiger partial charge >= 0.3 is 0 Å². The number of amides is 1. The molecule has 1 amide bonds. The van der Waals surface area contributed by atoms with Crippen LogP contribution in [0.3, 0.4) is 0 Å². The third-order valence-electron chi connectivity index (χ3n) is 6.77. The number of piperazine rings is 1. The zero-order valence-electron chi connectivity index (χ0n) is 18.1. The Labute approximate surface area is 177 Å². The van der Waals surface area contributed by atoms with Gasteiger partial charge in [-0.25, -0.2) is 4.98 Å². The van der Waals surface area contributed by atoms with Crippen LogP contribution in [0.25, 0.3) is 11.0 Å². The topological polar surface area (TPSA) is 66.3 Å². The molecule has 0 bridgehead atoms. The first-order valence-electron chi connectivity index (χ1n) is 10.9. The Morgan fingerprint density at radius 2 is 2.00 bits per heavy atom. The number of nitrogens with zero attached hydrogens (tertiary/aromatic N) is 5. The number of carbonyl (C=O) groups excluding carboxylic acids is 1. The number of aryl methyl sites for hydroxylation is 1. The number of aromatic nitrogens is 3. The van der Waals surface area contributed by atoms with Crippen LogP contribution >= 0.6 is 0 Å². The van der Waals surface area contributed by atoms with E-state index in [1.54, 1.807) is 6.92 Å². The molecule has 0 spiro atoms. The Bertz CT molecular complexity index is 1040. The van der Waals surface area contributed by atoms with E-state index < -0.39 is 0 Å². The summed E-state index contributed by atoms with van der Waals surface area (Å²) in [7, 11) is 0. The van der Waals surface area contributed by atoms with Crippen LogP contribution in [0.15, 0.2) is 36.3 Å². The molecule has 2 fully saturated rings. The maximum absolute atomic E-state index is 11.6. The fourth-order valence-electron chi connectivity index (χ4n) is 4.59. The lowest BCUT2D eigenvalue weighted by molar-refractivity contribution is -0.131. The van der Waals surface area contributed by atoms with Crippen LogP contribution in [0.5, 0.6) is 0 Å². The number of carbonyl (C=O) groups is 1. The summed E-state index contributed by atoms with van der Waals surface area (Å²) in [6.07, 6.45) is 14.2. The minimum atomic E-state index is -0.0172. The van der Waals surface area contributed by atoms with Gasteiger partial charge in [0.1, 0.15) is 5.65 Å². The molecule has 30 heavy (non-hydrogen) atoms. The predicted molar refractivity (Wildman–Crippen MR) is 118 cm³/mol. The molecule has 1 atom stereocenters. The molecule has 5 rings (SSSR count). The standard InChI is InChI=1S/C23H30N6O/c1-16-15-29(19-4-5-19)21-20(16)14-24-22(26-21)25-18-6-8-23(3,9-7-18)28-12-10-27(11-13-28)17(2)30/h6-8,14-15,19H,4-5,9-13H2,1-3H3,(H,24,25,26). The molecule has 2 aromatic rings. The molecule has 1 saturated heterocycles. The van der Waals surface area contributed by atoms with E-state index in [1.165, 1.54) is 18.4 Å². The van der Waals surface area contributed by atoms with Crippen molar-refractivity contribution in [3.63, 3.8) is 0 Å². The largest absolute Gasteiger partial charge is 0.340 e. The number of nitrogens with one attached hydrogen (secondary N) is 1. The number of anilines is 1. The van der Waals surface area contributed by atoms with E-state index in [1.807, 2.05) is 11.1 Å². The molecule has 158 valence electrons. The van der Waals surface area contributed by atoms with Crippen molar-refractivity contribution in [2.24, 2.45) is 0 Å². The van der Waals surface area contributed by atoms with Gasteiger partial charge in [-0.1, -0.05) is 12.2 Å². The van der Waals surface area contributed by atoms with Crippen LogP contribution in [0.2, 0.25) is 0 Å². The van der Waals surface area contributed by atoms with E-state index in [9.17, 15) is 4.79 Å². The lowest BCUT2D eigenvalue weighted by Crippen LogP contribution is -2.56. The second kappa shape index (κ2) is 7.23. The predicted octanol–water partition coefficient (Wildman–Crippen LogP) is 3.25. The van der Waals surface area contributed by atoms with Gasteiger partial charge < -0.3 is 14.8 Å². The zero-order chi connectivity index (χ0) is 20.9. The molecule has 2 aliphatic carbocycles. The van der Waals surface area contributed by atoms with Crippen LogP contribution < -0.4 is 5.32 Å². The van der Waals surface area contributed by atoms with E-state index in [2.05, 4.69) is 58.0 Å². The average molecular weight is 407 g/mol. The van der Waals surface area contributed by atoms with Crippen molar-refractivity contribution in [3.8, 4) is 0 Å². The van der Waals surface area contributed by atoms with Gasteiger partial charge in [-0.3, -0.25) is 9.69 Å². The molecule has 1 N–H and O–H groups in total. The van der Waals surface area contributed by atoms with Crippen molar-refractivity contribution in [3.05, 3.63) is 41.9 Å². The van der Waals surface area contributed by atoms with E-state index >= 15 is 0 Å². The lowest BCUT2D eigenvalue weighted by Gasteiger charge is -2.45. The third-order valence-corrected chi connectivity index (χ3v) is 6.77. The molecule has 0 aromatic carbocycles. The van der Waals surface area contributed by atoms with E-state index in [-0.39, 0.29) is 11.4 Å². The molecular weight excluding hydrogens is 376 g/mol. The molecule has 1 unspecified atom stereocenters. The minimum absolute atomic E-state index is 0.0172. The first-order valence-corrected chi connectivity index (χ1v) is 10.9. The highest BCUT2D eigenvalue weighted by Crippen LogP contribution is 2.38. The molecule has 3 heterocycles. The highest BCUT2D eigenvalue weighted by atomic mass is 16.2.